The Hall–Kier alpha value is -2.62. The van der Waals surface area contributed by atoms with E-state index < -0.39 is 17.4 Å². The molecule has 0 aromatic heterocycles. The van der Waals surface area contributed by atoms with Gasteiger partial charge >= 0.3 is 5.97 Å². The number of carboxylic acid groups (broad SMARTS) is 1. The van der Waals surface area contributed by atoms with Crippen LogP contribution in [0.3, 0.4) is 0 Å². The number of aliphatic carboxylic acids is 1. The van der Waals surface area contributed by atoms with Crippen LogP contribution in [0.4, 0.5) is 0 Å². The smallest absolute Gasteiger partial charge is 0.326 e. The molecule has 2 rings (SSSR count). The van der Waals surface area contributed by atoms with Crippen LogP contribution >= 0.6 is 0 Å². The maximum absolute atomic E-state index is 13.1. The van der Waals surface area contributed by atoms with Crippen molar-refractivity contribution >= 4 is 11.9 Å². The lowest BCUT2D eigenvalue weighted by Crippen LogP contribution is -2.51. The SMILES string of the molecule is CC(C)[C@@H](NC(=O)C(C)(c1ccccc1)c1ccccc1)C(=O)O. The van der Waals surface area contributed by atoms with Crippen molar-refractivity contribution in [2.45, 2.75) is 32.2 Å². The number of hydrogen-bond acceptors (Lipinski definition) is 2. The standard InChI is InChI=1S/C20H23NO3/c1-14(2)17(18(22)23)21-19(24)20(3,15-10-6-4-7-11-15)16-12-8-5-9-13-16/h4-14,17H,1-3H3,(H,21,24)(H,22,23)/t17-/m1/s1. The zero-order chi connectivity index (χ0) is 17.7. The lowest BCUT2D eigenvalue weighted by Gasteiger charge is -2.31. The van der Waals surface area contributed by atoms with Crippen molar-refractivity contribution in [1.29, 1.82) is 0 Å². The van der Waals surface area contributed by atoms with Crippen molar-refractivity contribution in [3.8, 4) is 0 Å². The zero-order valence-corrected chi connectivity index (χ0v) is 14.2. The summed E-state index contributed by atoms with van der Waals surface area (Å²) in [6.07, 6.45) is 0. The summed E-state index contributed by atoms with van der Waals surface area (Å²) in [4.78, 5) is 24.6. The van der Waals surface area contributed by atoms with E-state index in [9.17, 15) is 14.7 Å². The van der Waals surface area contributed by atoms with E-state index in [-0.39, 0.29) is 11.8 Å². The Bertz CT molecular complexity index is 656. The summed E-state index contributed by atoms with van der Waals surface area (Å²) >= 11 is 0. The summed E-state index contributed by atoms with van der Waals surface area (Å²) in [5, 5.41) is 12.1. The number of hydrogen-bond donors (Lipinski definition) is 2. The number of carboxylic acids is 1. The Morgan fingerprint density at radius 3 is 1.67 bits per heavy atom. The highest BCUT2D eigenvalue weighted by molar-refractivity contribution is 5.94. The Balaban J connectivity index is 2.48. The van der Waals surface area contributed by atoms with Crippen molar-refractivity contribution in [2.75, 3.05) is 0 Å². The van der Waals surface area contributed by atoms with E-state index >= 15 is 0 Å². The fourth-order valence-corrected chi connectivity index (χ4v) is 2.77. The molecule has 0 radical (unpaired) electrons. The number of benzene rings is 2. The highest BCUT2D eigenvalue weighted by Crippen LogP contribution is 2.32. The number of nitrogens with one attached hydrogen (secondary N) is 1. The maximum Gasteiger partial charge on any atom is 0.326 e. The molecular weight excluding hydrogens is 302 g/mol. The van der Waals surface area contributed by atoms with Crippen LogP contribution in [0.25, 0.3) is 0 Å². The molecule has 0 fully saturated rings. The Morgan fingerprint density at radius 1 is 0.917 bits per heavy atom. The van der Waals surface area contributed by atoms with Crippen molar-refractivity contribution in [2.24, 2.45) is 5.92 Å². The zero-order valence-electron chi connectivity index (χ0n) is 14.2. The highest BCUT2D eigenvalue weighted by Gasteiger charge is 2.39. The first-order chi connectivity index (χ1) is 11.4. The third kappa shape index (κ3) is 3.48. The molecule has 2 aromatic rings. The topological polar surface area (TPSA) is 66.4 Å². The van der Waals surface area contributed by atoms with Crippen LogP contribution in [0.1, 0.15) is 31.9 Å². The van der Waals surface area contributed by atoms with Gasteiger partial charge in [0.05, 0.1) is 5.41 Å². The van der Waals surface area contributed by atoms with Gasteiger partial charge in [-0.15, -0.1) is 0 Å². The second-order valence-electron chi connectivity index (χ2n) is 6.39. The van der Waals surface area contributed by atoms with Crippen LogP contribution in [-0.4, -0.2) is 23.0 Å². The molecule has 4 heteroatoms. The highest BCUT2D eigenvalue weighted by atomic mass is 16.4. The fourth-order valence-electron chi connectivity index (χ4n) is 2.77. The number of carbonyl (C=O) groups is 2. The van der Waals surface area contributed by atoms with Crippen molar-refractivity contribution < 1.29 is 14.7 Å². The van der Waals surface area contributed by atoms with Gasteiger partial charge in [-0.3, -0.25) is 4.79 Å². The molecule has 0 aliphatic carbocycles. The van der Waals surface area contributed by atoms with Gasteiger partial charge in [-0.25, -0.2) is 4.79 Å². The Labute approximate surface area is 142 Å². The molecule has 0 aliphatic heterocycles. The van der Waals surface area contributed by atoms with E-state index in [4.69, 9.17) is 0 Å². The maximum atomic E-state index is 13.1. The summed E-state index contributed by atoms with van der Waals surface area (Å²) in [6.45, 7) is 5.38. The summed E-state index contributed by atoms with van der Waals surface area (Å²) in [5.41, 5.74) is 0.675. The average molecular weight is 325 g/mol. The lowest BCUT2D eigenvalue weighted by atomic mass is 9.75. The van der Waals surface area contributed by atoms with Crippen molar-refractivity contribution in [3.63, 3.8) is 0 Å². The molecule has 2 aromatic carbocycles. The fraction of sp³-hybridized carbons (Fsp3) is 0.300. The van der Waals surface area contributed by atoms with E-state index in [0.29, 0.717) is 0 Å². The predicted molar refractivity (Wildman–Crippen MR) is 93.7 cm³/mol. The predicted octanol–water partition coefficient (Wildman–Crippen LogP) is 3.22. The van der Waals surface area contributed by atoms with Crippen LogP contribution in [0.15, 0.2) is 60.7 Å². The summed E-state index contributed by atoms with van der Waals surface area (Å²) < 4.78 is 0. The molecule has 0 saturated carbocycles. The van der Waals surface area contributed by atoms with E-state index in [1.807, 2.05) is 67.6 Å². The van der Waals surface area contributed by atoms with E-state index in [0.717, 1.165) is 11.1 Å². The Kier molecular flexibility index (Phi) is 5.39. The van der Waals surface area contributed by atoms with Crippen molar-refractivity contribution in [1.82, 2.24) is 5.32 Å². The molecule has 1 atom stereocenters. The van der Waals surface area contributed by atoms with E-state index in [1.54, 1.807) is 13.8 Å². The third-order valence-electron chi connectivity index (χ3n) is 4.38. The van der Waals surface area contributed by atoms with Crippen LogP contribution < -0.4 is 5.32 Å². The summed E-state index contributed by atoms with van der Waals surface area (Å²) in [5.74, 6) is -1.55. The van der Waals surface area contributed by atoms with Crippen LogP contribution in [0, 0.1) is 5.92 Å². The molecule has 24 heavy (non-hydrogen) atoms. The molecule has 0 heterocycles. The van der Waals surface area contributed by atoms with Gasteiger partial charge in [-0.05, 0) is 24.0 Å². The Morgan fingerprint density at radius 2 is 1.33 bits per heavy atom. The molecule has 2 N–H and O–H groups in total. The molecule has 126 valence electrons. The first kappa shape index (κ1) is 17.7. The average Bonchev–Trinajstić information content (AvgIpc) is 2.59. The quantitative estimate of drug-likeness (QED) is 0.857. The van der Waals surface area contributed by atoms with Crippen LogP contribution in [-0.2, 0) is 15.0 Å². The largest absolute Gasteiger partial charge is 0.480 e. The lowest BCUT2D eigenvalue weighted by molar-refractivity contribution is -0.143. The minimum absolute atomic E-state index is 0.206. The molecule has 0 saturated heterocycles. The van der Waals surface area contributed by atoms with Gasteiger partial charge in [0.15, 0.2) is 0 Å². The van der Waals surface area contributed by atoms with Crippen LogP contribution in [0.5, 0.6) is 0 Å². The molecular formula is C20H23NO3. The van der Waals surface area contributed by atoms with Gasteiger partial charge in [0.25, 0.3) is 0 Å². The van der Waals surface area contributed by atoms with Gasteiger partial charge < -0.3 is 10.4 Å². The summed E-state index contributed by atoms with van der Waals surface area (Å²) in [7, 11) is 0. The van der Waals surface area contributed by atoms with Gasteiger partial charge in [0.2, 0.25) is 5.91 Å². The molecule has 1 amide bonds. The third-order valence-corrected chi connectivity index (χ3v) is 4.38. The van der Waals surface area contributed by atoms with Crippen molar-refractivity contribution in [3.05, 3.63) is 71.8 Å². The van der Waals surface area contributed by atoms with Gasteiger partial charge in [-0.1, -0.05) is 74.5 Å². The molecule has 4 nitrogen and oxygen atoms in total. The number of rotatable bonds is 6. The number of carbonyl (C=O) groups excluding carboxylic acids is 1. The molecule has 0 aliphatic rings. The summed E-state index contributed by atoms with van der Waals surface area (Å²) in [6, 6.07) is 17.9. The molecule has 0 unspecified atom stereocenters. The normalized spacial score (nSPS) is 12.7. The molecule has 0 spiro atoms. The van der Waals surface area contributed by atoms with Crippen LogP contribution in [0.2, 0.25) is 0 Å². The van der Waals surface area contributed by atoms with E-state index in [1.165, 1.54) is 0 Å². The minimum atomic E-state index is -1.03. The first-order valence-corrected chi connectivity index (χ1v) is 8.02. The minimum Gasteiger partial charge on any atom is -0.480 e. The van der Waals surface area contributed by atoms with Gasteiger partial charge in [0, 0.05) is 0 Å². The second kappa shape index (κ2) is 7.30. The first-order valence-electron chi connectivity index (χ1n) is 8.02. The second-order valence-corrected chi connectivity index (χ2v) is 6.39. The monoisotopic (exact) mass is 325 g/mol. The number of amides is 1. The van der Waals surface area contributed by atoms with Gasteiger partial charge in [0.1, 0.15) is 6.04 Å². The van der Waals surface area contributed by atoms with E-state index in [2.05, 4.69) is 5.32 Å². The molecule has 0 bridgehead atoms. The van der Waals surface area contributed by atoms with Gasteiger partial charge in [-0.2, -0.15) is 0 Å².